The van der Waals surface area contributed by atoms with Crippen LogP contribution in [0.25, 0.3) is 11.3 Å². The number of H-pyrrole nitrogens is 1. The molecule has 0 unspecified atom stereocenters. The van der Waals surface area contributed by atoms with Gasteiger partial charge in [0.1, 0.15) is 5.78 Å². The average molecular weight is 300 g/mol. The van der Waals surface area contributed by atoms with Gasteiger partial charge in [-0.25, -0.2) is 0 Å². The highest BCUT2D eigenvalue weighted by Crippen LogP contribution is 2.31. The van der Waals surface area contributed by atoms with Crippen LogP contribution in [0, 0.1) is 0 Å². The fourth-order valence-electron chi connectivity index (χ4n) is 1.72. The number of benzene rings is 1. The number of ketones is 1. The lowest BCUT2D eigenvalue weighted by atomic mass is 10.1. The molecule has 7 heteroatoms. The first-order valence-corrected chi connectivity index (χ1v) is 6.38. The van der Waals surface area contributed by atoms with Crippen LogP contribution in [0.4, 0.5) is 13.2 Å². The smallest absolute Gasteiger partial charge is 0.298 e. The molecule has 0 spiro atoms. The average Bonchev–Trinajstić information content (AvgIpc) is 2.86. The van der Waals surface area contributed by atoms with E-state index in [1.165, 1.54) is 12.1 Å². The maximum Gasteiger partial charge on any atom is 0.416 e. The first kappa shape index (κ1) is 14.6. The molecule has 0 aliphatic carbocycles. The van der Waals surface area contributed by atoms with Gasteiger partial charge in [0.2, 0.25) is 0 Å². The van der Waals surface area contributed by atoms with Crippen molar-refractivity contribution in [2.45, 2.75) is 12.6 Å². The number of aromatic amines is 1. The van der Waals surface area contributed by atoms with E-state index in [0.29, 0.717) is 17.0 Å². The molecule has 2 rings (SSSR count). The molecular weight excluding hydrogens is 289 g/mol. The highest BCUT2D eigenvalue weighted by molar-refractivity contribution is 7.81. The number of halogens is 3. The zero-order chi connectivity index (χ0) is 14.8. The summed E-state index contributed by atoms with van der Waals surface area (Å²) in [6.45, 7) is 0. The molecule has 0 saturated carbocycles. The molecule has 1 aromatic heterocycles. The van der Waals surface area contributed by atoms with Gasteiger partial charge in [0, 0.05) is 23.4 Å². The van der Waals surface area contributed by atoms with E-state index in [0.717, 1.165) is 12.1 Å². The zero-order valence-electron chi connectivity index (χ0n) is 10.2. The number of thiol groups is 1. The van der Waals surface area contributed by atoms with Crippen molar-refractivity contribution in [3.8, 4) is 11.3 Å². The van der Waals surface area contributed by atoms with Gasteiger partial charge in [-0.2, -0.15) is 30.9 Å². The van der Waals surface area contributed by atoms with E-state index in [1.54, 1.807) is 6.07 Å². The minimum atomic E-state index is -4.39. The molecule has 0 bridgehead atoms. The molecule has 0 saturated heterocycles. The Morgan fingerprint density at radius 1 is 1.30 bits per heavy atom. The maximum absolute atomic E-state index is 12.6. The Bertz CT molecular complexity index is 622. The minimum absolute atomic E-state index is 0.0902. The Labute approximate surface area is 118 Å². The van der Waals surface area contributed by atoms with Gasteiger partial charge in [-0.15, -0.1) is 0 Å². The van der Waals surface area contributed by atoms with Crippen LogP contribution in [-0.4, -0.2) is 21.7 Å². The summed E-state index contributed by atoms with van der Waals surface area (Å²) in [7, 11) is 0. The van der Waals surface area contributed by atoms with Gasteiger partial charge in [0.25, 0.3) is 0 Å². The van der Waals surface area contributed by atoms with Crippen LogP contribution in [0.2, 0.25) is 0 Å². The molecule has 1 N–H and O–H groups in total. The Balaban J connectivity index is 2.26. The van der Waals surface area contributed by atoms with Gasteiger partial charge in [-0.1, -0.05) is 12.1 Å². The van der Waals surface area contributed by atoms with Crippen LogP contribution in [0.3, 0.4) is 0 Å². The number of alkyl halides is 3. The molecule has 1 aromatic carbocycles. The second-order valence-corrected chi connectivity index (χ2v) is 4.55. The van der Waals surface area contributed by atoms with Crippen LogP contribution < -0.4 is 0 Å². The molecule has 106 valence electrons. The van der Waals surface area contributed by atoms with Crippen LogP contribution in [-0.2, 0) is 17.4 Å². The molecule has 2 aromatic rings. The third kappa shape index (κ3) is 3.41. The Hall–Kier alpha value is -1.76. The topological polar surface area (TPSA) is 45.8 Å². The zero-order valence-corrected chi connectivity index (χ0v) is 11.1. The normalized spacial score (nSPS) is 11.6. The van der Waals surface area contributed by atoms with Gasteiger partial charge in [0.15, 0.2) is 0 Å². The largest absolute Gasteiger partial charge is 0.416 e. The fourth-order valence-corrected chi connectivity index (χ4v) is 1.84. The second-order valence-electron chi connectivity index (χ2n) is 4.23. The summed E-state index contributed by atoms with van der Waals surface area (Å²) in [4.78, 5) is 11.2. The molecule has 20 heavy (non-hydrogen) atoms. The standard InChI is InChI=1S/C13H11F3N2OS/c14-13(15,16)9-3-1-2-8(4-9)12-6-10(17-18-12)5-11(19)7-20/h1-4,6,20H,5,7H2,(H,17,18). The van der Waals surface area contributed by atoms with Crippen molar-refractivity contribution in [2.75, 3.05) is 5.75 Å². The number of hydrogen-bond donors (Lipinski definition) is 2. The molecule has 1 heterocycles. The van der Waals surface area contributed by atoms with Gasteiger partial charge in [-0.05, 0) is 18.2 Å². The SMILES string of the molecule is O=C(CS)Cc1cc(-c2cccc(C(F)(F)F)c2)n[nH]1. The van der Waals surface area contributed by atoms with E-state index >= 15 is 0 Å². The van der Waals surface area contributed by atoms with Gasteiger partial charge >= 0.3 is 6.18 Å². The van der Waals surface area contributed by atoms with E-state index in [-0.39, 0.29) is 18.0 Å². The summed E-state index contributed by atoms with van der Waals surface area (Å²) in [6.07, 6.45) is -4.26. The van der Waals surface area contributed by atoms with Crippen molar-refractivity contribution < 1.29 is 18.0 Å². The third-order valence-electron chi connectivity index (χ3n) is 2.68. The number of nitrogens with zero attached hydrogens (tertiary/aromatic N) is 1. The van der Waals surface area contributed by atoms with Gasteiger partial charge in [0.05, 0.1) is 11.3 Å². The van der Waals surface area contributed by atoms with E-state index in [1.807, 2.05) is 0 Å². The lowest BCUT2D eigenvalue weighted by Crippen LogP contribution is -2.04. The van der Waals surface area contributed by atoms with Crippen molar-refractivity contribution >= 4 is 18.4 Å². The summed E-state index contributed by atoms with van der Waals surface area (Å²) in [5.74, 6) is 0.0188. The maximum atomic E-state index is 12.6. The van der Waals surface area contributed by atoms with E-state index in [9.17, 15) is 18.0 Å². The lowest BCUT2D eigenvalue weighted by Gasteiger charge is -2.07. The lowest BCUT2D eigenvalue weighted by molar-refractivity contribution is -0.137. The first-order chi connectivity index (χ1) is 9.40. The molecule has 0 amide bonds. The summed E-state index contributed by atoms with van der Waals surface area (Å²) in [5.41, 5.74) is 0.543. The fraction of sp³-hybridized carbons (Fsp3) is 0.231. The quantitative estimate of drug-likeness (QED) is 0.852. The monoisotopic (exact) mass is 300 g/mol. The molecule has 0 aliphatic rings. The van der Waals surface area contributed by atoms with Crippen LogP contribution in [0.1, 0.15) is 11.3 Å². The van der Waals surface area contributed by atoms with E-state index in [2.05, 4.69) is 22.8 Å². The van der Waals surface area contributed by atoms with Gasteiger partial charge < -0.3 is 0 Å². The molecular formula is C13H11F3N2OS. The number of rotatable bonds is 4. The molecule has 3 nitrogen and oxygen atoms in total. The second kappa shape index (κ2) is 5.70. The van der Waals surface area contributed by atoms with Crippen molar-refractivity contribution in [3.63, 3.8) is 0 Å². The number of Topliss-reactive ketones (excluding diaryl/α,β-unsaturated/α-hetero) is 1. The Morgan fingerprint density at radius 3 is 2.70 bits per heavy atom. The number of carbonyl (C=O) groups excluding carboxylic acids is 1. The molecule has 0 radical (unpaired) electrons. The van der Waals surface area contributed by atoms with Crippen LogP contribution in [0.5, 0.6) is 0 Å². The van der Waals surface area contributed by atoms with E-state index in [4.69, 9.17) is 0 Å². The summed E-state index contributed by atoms with van der Waals surface area (Å²) in [5, 5.41) is 6.57. The highest BCUT2D eigenvalue weighted by atomic mass is 32.1. The van der Waals surface area contributed by atoms with Crippen molar-refractivity contribution in [2.24, 2.45) is 0 Å². The van der Waals surface area contributed by atoms with Crippen LogP contribution in [0.15, 0.2) is 30.3 Å². The molecule has 0 fully saturated rings. The van der Waals surface area contributed by atoms with Gasteiger partial charge in [-0.3, -0.25) is 9.89 Å². The first-order valence-electron chi connectivity index (χ1n) is 5.74. The van der Waals surface area contributed by atoms with Crippen molar-refractivity contribution in [1.82, 2.24) is 10.2 Å². The third-order valence-corrected chi connectivity index (χ3v) is 3.03. The Morgan fingerprint density at radius 2 is 2.05 bits per heavy atom. The van der Waals surface area contributed by atoms with Crippen molar-refractivity contribution in [3.05, 3.63) is 41.6 Å². The minimum Gasteiger partial charge on any atom is -0.298 e. The highest BCUT2D eigenvalue weighted by Gasteiger charge is 2.30. The molecule has 0 atom stereocenters. The summed E-state index contributed by atoms with van der Waals surface area (Å²) in [6, 6.07) is 6.46. The Kier molecular flexibility index (Phi) is 4.17. The number of hydrogen-bond acceptors (Lipinski definition) is 3. The van der Waals surface area contributed by atoms with E-state index < -0.39 is 11.7 Å². The van der Waals surface area contributed by atoms with Crippen LogP contribution >= 0.6 is 12.6 Å². The predicted octanol–water partition coefficient (Wildman–Crippen LogP) is 3.14. The number of carbonyl (C=O) groups is 1. The summed E-state index contributed by atoms with van der Waals surface area (Å²) < 4.78 is 37.9. The number of nitrogens with one attached hydrogen (secondary N) is 1. The number of aromatic nitrogens is 2. The van der Waals surface area contributed by atoms with Crippen molar-refractivity contribution in [1.29, 1.82) is 0 Å². The summed E-state index contributed by atoms with van der Waals surface area (Å²) >= 11 is 3.86. The predicted molar refractivity (Wildman–Crippen MR) is 71.6 cm³/mol. The molecule has 0 aliphatic heterocycles.